The molecule has 0 aromatic heterocycles. The molecule has 0 aliphatic rings. The van der Waals surface area contributed by atoms with E-state index in [0.29, 0.717) is 5.56 Å². The fourth-order valence-electron chi connectivity index (χ4n) is 2.17. The minimum atomic E-state index is -4.29. The van der Waals surface area contributed by atoms with Crippen LogP contribution in [0.15, 0.2) is 42.5 Å². The molecular formula is C16H16F3N. The Balaban J connectivity index is 2.33. The molecule has 2 aromatic rings. The second-order valence-corrected chi connectivity index (χ2v) is 4.75. The number of nitrogens with one attached hydrogen (secondary N) is 1. The van der Waals surface area contributed by atoms with Crippen molar-refractivity contribution in [2.45, 2.75) is 19.6 Å². The smallest absolute Gasteiger partial charge is 0.316 e. The van der Waals surface area contributed by atoms with E-state index in [4.69, 9.17) is 0 Å². The van der Waals surface area contributed by atoms with Crippen LogP contribution in [0.5, 0.6) is 0 Å². The molecule has 0 saturated carbocycles. The maximum Gasteiger partial charge on any atom is 0.416 e. The van der Waals surface area contributed by atoms with Gasteiger partial charge in [0.15, 0.2) is 0 Å². The largest absolute Gasteiger partial charge is 0.416 e. The van der Waals surface area contributed by atoms with Crippen LogP contribution < -0.4 is 5.32 Å². The summed E-state index contributed by atoms with van der Waals surface area (Å²) in [5.41, 5.74) is 2.91. The van der Waals surface area contributed by atoms with Gasteiger partial charge in [0.1, 0.15) is 0 Å². The highest BCUT2D eigenvalue weighted by atomic mass is 19.4. The van der Waals surface area contributed by atoms with Crippen molar-refractivity contribution >= 4 is 0 Å². The Morgan fingerprint density at radius 2 is 1.65 bits per heavy atom. The highest BCUT2D eigenvalue weighted by molar-refractivity contribution is 5.67. The number of alkyl halides is 3. The lowest BCUT2D eigenvalue weighted by Crippen LogP contribution is -2.05. The Hall–Kier alpha value is -1.81. The fourth-order valence-corrected chi connectivity index (χ4v) is 2.17. The summed E-state index contributed by atoms with van der Waals surface area (Å²) in [6.07, 6.45) is -4.29. The second-order valence-electron chi connectivity index (χ2n) is 4.75. The van der Waals surface area contributed by atoms with E-state index in [9.17, 15) is 13.2 Å². The molecule has 0 fully saturated rings. The van der Waals surface area contributed by atoms with Crippen LogP contribution in [0.3, 0.4) is 0 Å². The van der Waals surface area contributed by atoms with E-state index >= 15 is 0 Å². The number of halogens is 3. The Morgan fingerprint density at radius 3 is 2.15 bits per heavy atom. The highest BCUT2D eigenvalue weighted by Crippen LogP contribution is 2.33. The normalized spacial score (nSPS) is 11.7. The number of rotatable bonds is 3. The van der Waals surface area contributed by atoms with Crippen LogP contribution >= 0.6 is 0 Å². The number of hydrogen-bond acceptors (Lipinski definition) is 1. The first-order valence-electron chi connectivity index (χ1n) is 6.33. The van der Waals surface area contributed by atoms with Gasteiger partial charge in [0, 0.05) is 6.54 Å². The fraction of sp³-hybridized carbons (Fsp3) is 0.250. The molecule has 20 heavy (non-hydrogen) atoms. The van der Waals surface area contributed by atoms with Crippen molar-refractivity contribution in [3.8, 4) is 11.1 Å². The van der Waals surface area contributed by atoms with Crippen molar-refractivity contribution in [1.82, 2.24) is 5.32 Å². The Labute approximate surface area is 116 Å². The number of benzene rings is 2. The van der Waals surface area contributed by atoms with Crippen LogP contribution in [0.4, 0.5) is 13.2 Å². The third-order valence-corrected chi connectivity index (χ3v) is 3.20. The second kappa shape index (κ2) is 5.67. The average Bonchev–Trinajstić information content (AvgIpc) is 2.39. The number of aryl methyl sites for hydroxylation is 1. The van der Waals surface area contributed by atoms with Crippen LogP contribution in [-0.4, -0.2) is 7.05 Å². The molecule has 0 amide bonds. The zero-order valence-electron chi connectivity index (χ0n) is 11.4. The summed E-state index contributed by atoms with van der Waals surface area (Å²) in [6, 6.07) is 11.7. The van der Waals surface area contributed by atoms with Crippen molar-refractivity contribution in [3.63, 3.8) is 0 Å². The van der Waals surface area contributed by atoms with E-state index in [2.05, 4.69) is 5.32 Å². The van der Waals surface area contributed by atoms with Crippen molar-refractivity contribution in [3.05, 3.63) is 59.2 Å². The first-order chi connectivity index (χ1) is 9.41. The SMILES string of the molecule is CNCc1ccc(-c2ccc(C(F)(F)F)cc2C)cc1. The molecule has 106 valence electrons. The third-order valence-electron chi connectivity index (χ3n) is 3.20. The van der Waals surface area contributed by atoms with Gasteiger partial charge in [0.05, 0.1) is 5.56 Å². The van der Waals surface area contributed by atoms with Crippen molar-refractivity contribution in [1.29, 1.82) is 0 Å². The summed E-state index contributed by atoms with van der Waals surface area (Å²) in [6.45, 7) is 2.47. The van der Waals surface area contributed by atoms with E-state index in [-0.39, 0.29) is 0 Å². The van der Waals surface area contributed by atoms with Gasteiger partial charge in [-0.1, -0.05) is 30.3 Å². The Morgan fingerprint density at radius 1 is 1.00 bits per heavy atom. The summed E-state index contributed by atoms with van der Waals surface area (Å²) in [7, 11) is 1.87. The van der Waals surface area contributed by atoms with Gasteiger partial charge in [-0.25, -0.2) is 0 Å². The van der Waals surface area contributed by atoms with Crippen LogP contribution in [0.2, 0.25) is 0 Å². The van der Waals surface area contributed by atoms with Gasteiger partial charge in [0.2, 0.25) is 0 Å². The average molecular weight is 279 g/mol. The topological polar surface area (TPSA) is 12.0 Å². The molecule has 0 radical (unpaired) electrons. The van der Waals surface area contributed by atoms with E-state index in [0.717, 1.165) is 29.3 Å². The van der Waals surface area contributed by atoms with Gasteiger partial charge in [-0.3, -0.25) is 0 Å². The van der Waals surface area contributed by atoms with Gasteiger partial charge in [-0.2, -0.15) is 13.2 Å². The summed E-state index contributed by atoms with van der Waals surface area (Å²) in [5, 5.41) is 3.05. The molecule has 4 heteroatoms. The molecule has 0 spiro atoms. The molecule has 0 saturated heterocycles. The summed E-state index contributed by atoms with van der Waals surface area (Å²) < 4.78 is 37.9. The predicted octanol–water partition coefficient (Wildman–Crippen LogP) is 4.40. The molecular weight excluding hydrogens is 263 g/mol. The zero-order valence-corrected chi connectivity index (χ0v) is 11.4. The molecule has 0 aliphatic carbocycles. The van der Waals surface area contributed by atoms with E-state index in [1.165, 1.54) is 12.1 Å². The maximum atomic E-state index is 12.6. The summed E-state index contributed by atoms with van der Waals surface area (Å²) in [5.74, 6) is 0. The van der Waals surface area contributed by atoms with Gasteiger partial charge < -0.3 is 5.32 Å². The van der Waals surface area contributed by atoms with Gasteiger partial charge >= 0.3 is 6.18 Å². The minimum Gasteiger partial charge on any atom is -0.316 e. The predicted molar refractivity (Wildman–Crippen MR) is 74.4 cm³/mol. The molecule has 2 aromatic carbocycles. The maximum absolute atomic E-state index is 12.6. The highest BCUT2D eigenvalue weighted by Gasteiger charge is 2.30. The van der Waals surface area contributed by atoms with Crippen molar-refractivity contribution < 1.29 is 13.2 Å². The molecule has 0 unspecified atom stereocenters. The Bertz CT molecular complexity index is 586. The van der Waals surface area contributed by atoms with Gasteiger partial charge in [-0.15, -0.1) is 0 Å². The molecule has 1 nitrogen and oxygen atoms in total. The molecule has 0 heterocycles. The van der Waals surface area contributed by atoms with Crippen LogP contribution in [-0.2, 0) is 12.7 Å². The van der Waals surface area contributed by atoms with Gasteiger partial charge in [-0.05, 0) is 48.4 Å². The molecule has 2 rings (SSSR count). The first kappa shape index (κ1) is 14.6. The molecule has 0 bridgehead atoms. The van der Waals surface area contributed by atoms with Crippen molar-refractivity contribution in [2.75, 3.05) is 7.05 Å². The molecule has 1 N–H and O–H groups in total. The van der Waals surface area contributed by atoms with E-state index in [1.807, 2.05) is 31.3 Å². The minimum absolute atomic E-state index is 0.606. The molecule has 0 aliphatic heterocycles. The Kier molecular flexibility index (Phi) is 4.14. The van der Waals surface area contributed by atoms with Crippen LogP contribution in [0.25, 0.3) is 11.1 Å². The van der Waals surface area contributed by atoms with E-state index in [1.54, 1.807) is 6.92 Å². The summed E-state index contributed by atoms with van der Waals surface area (Å²) in [4.78, 5) is 0. The quantitative estimate of drug-likeness (QED) is 0.878. The van der Waals surface area contributed by atoms with E-state index < -0.39 is 11.7 Å². The standard InChI is InChI=1S/C16H16F3N/c1-11-9-14(16(17,18)19)7-8-15(11)13-5-3-12(4-6-13)10-20-2/h3-9,20H,10H2,1-2H3. The first-order valence-corrected chi connectivity index (χ1v) is 6.33. The third kappa shape index (κ3) is 3.20. The molecule has 0 atom stereocenters. The number of hydrogen-bond donors (Lipinski definition) is 1. The van der Waals surface area contributed by atoms with Gasteiger partial charge in [0.25, 0.3) is 0 Å². The van der Waals surface area contributed by atoms with Crippen LogP contribution in [0, 0.1) is 6.92 Å². The summed E-state index contributed by atoms with van der Waals surface area (Å²) >= 11 is 0. The van der Waals surface area contributed by atoms with Crippen LogP contribution in [0.1, 0.15) is 16.7 Å². The lowest BCUT2D eigenvalue weighted by molar-refractivity contribution is -0.137. The van der Waals surface area contributed by atoms with Crippen molar-refractivity contribution in [2.24, 2.45) is 0 Å². The lowest BCUT2D eigenvalue weighted by atomic mass is 9.97. The monoisotopic (exact) mass is 279 g/mol. The zero-order chi connectivity index (χ0) is 14.8. The lowest BCUT2D eigenvalue weighted by Gasteiger charge is -2.11.